The summed E-state index contributed by atoms with van der Waals surface area (Å²) < 4.78 is 0. The van der Waals surface area contributed by atoms with Crippen molar-refractivity contribution in [2.24, 2.45) is 17.2 Å². The van der Waals surface area contributed by atoms with Crippen LogP contribution in [0.25, 0.3) is 0 Å². The molecule has 72 heavy (non-hydrogen) atoms. The van der Waals surface area contributed by atoms with Gasteiger partial charge in [-0.05, 0) is 24.1 Å². The van der Waals surface area contributed by atoms with E-state index in [2.05, 4.69) is 54.8 Å². The lowest BCUT2D eigenvalue weighted by Crippen LogP contribution is -2.60. The van der Waals surface area contributed by atoms with Gasteiger partial charge in [-0.3, -0.25) is 57.5 Å². The first-order chi connectivity index (χ1) is 34.2. The number of carbonyl (C=O) groups excluding carboxylic acids is 12. The molecule has 1 aliphatic rings. The predicted molar refractivity (Wildman–Crippen MR) is 253 cm³/mol. The van der Waals surface area contributed by atoms with Gasteiger partial charge in [0.1, 0.15) is 48.0 Å². The summed E-state index contributed by atoms with van der Waals surface area (Å²) >= 11 is 0. The van der Waals surface area contributed by atoms with Crippen LogP contribution in [0, 0.1) is 0 Å². The van der Waals surface area contributed by atoms with Gasteiger partial charge in [-0.15, -0.1) is 0 Å². The maximum atomic E-state index is 13.9. The van der Waals surface area contributed by atoms with Gasteiger partial charge >= 0.3 is 0 Å². The molecular formula is C45H70N12O15. The monoisotopic (exact) mass is 1020 g/mol. The molecular weight excluding hydrogens is 949 g/mol. The SMILES string of the molecule is CCCCCCCCCCCCNC(=O)[C@H]1CC(=O)N[C@H](CO)C(=O)N[C@H](Cc2ccc(O)cc2)C(=O)N[C@H](CC(N)=O)C(=O)NCC(=O)N[C@H](CC(N)=O)C(=O)N[C@@H](CO)C(=O)N[C@H](CC(N)=O)C(=O)N1. The first-order valence-corrected chi connectivity index (χ1v) is 23.7. The van der Waals surface area contributed by atoms with E-state index in [0.717, 1.165) is 44.9 Å². The van der Waals surface area contributed by atoms with Crippen LogP contribution in [0.4, 0.5) is 0 Å². The number of hydrogen-bond acceptors (Lipinski definition) is 15. The molecule has 0 aromatic heterocycles. The van der Waals surface area contributed by atoms with E-state index in [1.165, 1.54) is 37.1 Å². The third kappa shape index (κ3) is 23.5. The van der Waals surface area contributed by atoms with Gasteiger partial charge in [0, 0.05) is 13.0 Å². The van der Waals surface area contributed by atoms with E-state index in [-0.39, 0.29) is 18.7 Å². The van der Waals surface area contributed by atoms with Crippen LogP contribution in [0.2, 0.25) is 0 Å². The van der Waals surface area contributed by atoms with E-state index in [9.17, 15) is 72.9 Å². The second-order valence-corrected chi connectivity index (χ2v) is 17.2. The number of hydrogen-bond donors (Lipinski definition) is 15. The van der Waals surface area contributed by atoms with Gasteiger partial charge in [0.25, 0.3) is 0 Å². The van der Waals surface area contributed by atoms with Crippen molar-refractivity contribution in [1.82, 2.24) is 47.9 Å². The van der Waals surface area contributed by atoms with Crippen molar-refractivity contribution in [2.75, 3.05) is 26.3 Å². The summed E-state index contributed by atoms with van der Waals surface area (Å²) in [6.45, 7) is -1.03. The molecule has 0 unspecified atom stereocenters. The molecule has 0 spiro atoms. The molecule has 400 valence electrons. The quantitative estimate of drug-likeness (QED) is 0.0482. The van der Waals surface area contributed by atoms with Gasteiger partial charge in [0.05, 0.1) is 45.4 Å². The molecule has 1 aliphatic heterocycles. The number of rotatable bonds is 22. The van der Waals surface area contributed by atoms with E-state index in [1.54, 1.807) is 0 Å². The zero-order chi connectivity index (χ0) is 53.8. The van der Waals surface area contributed by atoms with Crippen molar-refractivity contribution in [3.8, 4) is 5.75 Å². The zero-order valence-electron chi connectivity index (χ0n) is 40.3. The van der Waals surface area contributed by atoms with Crippen LogP contribution < -0.4 is 65.1 Å². The fourth-order valence-corrected chi connectivity index (χ4v) is 7.19. The number of amides is 12. The second kappa shape index (κ2) is 32.5. The fraction of sp³-hybridized carbons (Fsp3) is 0.600. The Kier molecular flexibility index (Phi) is 27.4. The molecule has 2 rings (SSSR count). The summed E-state index contributed by atoms with van der Waals surface area (Å²) in [5.74, 6) is -14.2. The molecule has 0 radical (unpaired) electrons. The molecule has 12 amide bonds. The molecule has 1 aromatic rings. The number of nitrogens with two attached hydrogens (primary N) is 3. The first-order valence-electron chi connectivity index (χ1n) is 23.7. The van der Waals surface area contributed by atoms with Gasteiger partial charge in [-0.1, -0.05) is 76.8 Å². The Morgan fingerprint density at radius 2 is 0.931 bits per heavy atom. The average molecular weight is 1020 g/mol. The minimum Gasteiger partial charge on any atom is -0.508 e. The van der Waals surface area contributed by atoms with Crippen LogP contribution in [0.5, 0.6) is 5.75 Å². The smallest absolute Gasteiger partial charge is 0.245 e. The minimum atomic E-state index is -1.95. The van der Waals surface area contributed by atoms with Crippen molar-refractivity contribution in [1.29, 1.82) is 0 Å². The summed E-state index contributed by atoms with van der Waals surface area (Å²) in [5, 5.41) is 50.3. The Hall–Kier alpha value is -7.42. The zero-order valence-corrected chi connectivity index (χ0v) is 40.3. The van der Waals surface area contributed by atoms with E-state index < -0.39 is 159 Å². The highest BCUT2D eigenvalue weighted by atomic mass is 16.3. The molecule has 1 saturated heterocycles. The molecule has 1 fully saturated rings. The maximum absolute atomic E-state index is 13.9. The Morgan fingerprint density at radius 3 is 1.44 bits per heavy atom. The Morgan fingerprint density at radius 1 is 0.528 bits per heavy atom. The third-order valence-electron chi connectivity index (χ3n) is 11.1. The first kappa shape index (κ1) is 60.7. The van der Waals surface area contributed by atoms with Crippen molar-refractivity contribution in [2.45, 2.75) is 146 Å². The lowest BCUT2D eigenvalue weighted by molar-refractivity contribution is -0.137. The highest BCUT2D eigenvalue weighted by Crippen LogP contribution is 2.13. The molecule has 0 aliphatic carbocycles. The van der Waals surface area contributed by atoms with Crippen LogP contribution in [-0.4, -0.2) is 155 Å². The number of aromatic hydroxyl groups is 1. The summed E-state index contributed by atoms with van der Waals surface area (Å²) in [6, 6.07) is -7.58. The van der Waals surface area contributed by atoms with Crippen LogP contribution >= 0.6 is 0 Å². The highest BCUT2D eigenvalue weighted by Gasteiger charge is 2.35. The predicted octanol–water partition coefficient (Wildman–Crippen LogP) is -5.50. The van der Waals surface area contributed by atoms with E-state index in [4.69, 9.17) is 17.2 Å². The Labute approximate surface area is 415 Å². The molecule has 0 bridgehead atoms. The summed E-state index contributed by atoms with van der Waals surface area (Å²) in [5.41, 5.74) is 16.3. The van der Waals surface area contributed by atoms with Crippen LogP contribution in [0.3, 0.4) is 0 Å². The molecule has 1 aromatic carbocycles. The second-order valence-electron chi connectivity index (χ2n) is 17.2. The molecule has 0 saturated carbocycles. The normalized spacial score (nSPS) is 22.4. The maximum Gasteiger partial charge on any atom is 0.245 e. The van der Waals surface area contributed by atoms with Gasteiger partial charge < -0.3 is 80.4 Å². The van der Waals surface area contributed by atoms with Gasteiger partial charge in [-0.2, -0.15) is 0 Å². The summed E-state index contributed by atoms with van der Waals surface area (Å²) in [7, 11) is 0. The molecule has 27 nitrogen and oxygen atoms in total. The largest absolute Gasteiger partial charge is 0.508 e. The molecule has 18 N–H and O–H groups in total. The number of unbranched alkanes of at least 4 members (excludes halogenated alkanes) is 9. The lowest BCUT2D eigenvalue weighted by atomic mass is 10.0. The molecule has 7 atom stereocenters. The van der Waals surface area contributed by atoms with Crippen molar-refractivity contribution >= 4 is 70.9 Å². The van der Waals surface area contributed by atoms with Crippen LogP contribution in [-0.2, 0) is 64.0 Å². The minimum absolute atomic E-state index is 0.0912. The number of carbonyl (C=O) groups is 12. The average Bonchev–Trinajstić information content (AvgIpc) is 3.31. The number of phenols is 1. The fourth-order valence-electron chi connectivity index (χ4n) is 7.19. The van der Waals surface area contributed by atoms with Gasteiger partial charge in [0.15, 0.2) is 0 Å². The van der Waals surface area contributed by atoms with Gasteiger partial charge in [0.2, 0.25) is 70.9 Å². The van der Waals surface area contributed by atoms with E-state index in [0.29, 0.717) is 12.0 Å². The molecule has 27 heteroatoms. The van der Waals surface area contributed by atoms with E-state index in [1.807, 2.05) is 0 Å². The number of phenolic OH excluding ortho intramolecular Hbond substituents is 1. The number of benzene rings is 1. The van der Waals surface area contributed by atoms with Crippen LogP contribution in [0.1, 0.15) is 102 Å². The summed E-state index contributed by atoms with van der Waals surface area (Å²) in [6.07, 6.45) is 5.91. The number of aliphatic hydroxyl groups is 2. The third-order valence-corrected chi connectivity index (χ3v) is 11.1. The van der Waals surface area contributed by atoms with Crippen molar-refractivity contribution < 1.29 is 72.9 Å². The van der Waals surface area contributed by atoms with Crippen molar-refractivity contribution in [3.63, 3.8) is 0 Å². The number of aliphatic hydroxyl groups excluding tert-OH is 2. The number of primary amides is 3. The van der Waals surface area contributed by atoms with Crippen LogP contribution in [0.15, 0.2) is 24.3 Å². The lowest BCUT2D eigenvalue weighted by Gasteiger charge is -2.26. The standard InChI is InChI=1S/C45H70N12O15/c1-2-3-4-5-6-7-8-9-10-11-16-49-39(66)31-21-37(64)52-32(23-58)44(71)53-27(17-25-12-14-26(60)15-13-25)41(68)54-28(18-34(46)61)40(67)50-22-38(65)51-29(19-35(47)62)42(69)57-33(24-59)45(72)55-30(20-36(48)63)43(70)56-31/h12-15,27-33,58-60H,2-11,16-24H2,1H3,(H2,46,61)(H2,47,62)(H2,48,63)(H,49,66)(H,50,67)(H,51,65)(H,52,64)(H,53,71)(H,54,68)(H,55,72)(H,56,70)(H,57,69)/t27-,28-,29-,30-,31-,32-,33+/m1/s1. The van der Waals surface area contributed by atoms with E-state index >= 15 is 0 Å². The molecule has 1 heterocycles. The Bertz CT molecular complexity index is 2060. The Balaban J connectivity index is 2.58. The highest BCUT2D eigenvalue weighted by molar-refractivity contribution is 6.00. The summed E-state index contributed by atoms with van der Waals surface area (Å²) in [4.78, 5) is 158. The number of nitrogens with one attached hydrogen (secondary N) is 9. The van der Waals surface area contributed by atoms with Gasteiger partial charge in [-0.25, -0.2) is 0 Å². The van der Waals surface area contributed by atoms with Crippen molar-refractivity contribution in [3.05, 3.63) is 29.8 Å². The topological polar surface area (TPSA) is 452 Å².